The van der Waals surface area contributed by atoms with Crippen molar-refractivity contribution in [2.24, 2.45) is 0 Å². The fourth-order valence-electron chi connectivity index (χ4n) is 8.19. The lowest BCUT2D eigenvalue weighted by Crippen LogP contribution is -2.45. The lowest BCUT2D eigenvalue weighted by Gasteiger charge is -2.20. The van der Waals surface area contributed by atoms with E-state index in [9.17, 15) is 19.8 Å². The van der Waals surface area contributed by atoms with Gasteiger partial charge in [0, 0.05) is 12.8 Å². The van der Waals surface area contributed by atoms with Crippen LogP contribution in [0.2, 0.25) is 0 Å². The quantitative estimate of drug-likeness (QED) is 0.0321. The maximum absolute atomic E-state index is 12.4. The first-order chi connectivity index (χ1) is 30.5. The monoisotopic (exact) mass is 872 g/mol. The molecular weight excluding hydrogens is 767 g/mol. The van der Waals surface area contributed by atoms with Crippen LogP contribution in [0.4, 0.5) is 0 Å². The zero-order valence-corrected chi connectivity index (χ0v) is 41.4. The van der Waals surface area contributed by atoms with Crippen molar-refractivity contribution < 1.29 is 24.5 Å². The zero-order valence-electron chi connectivity index (χ0n) is 41.4. The molecule has 0 aromatic rings. The number of carbonyl (C=O) groups excluding carboxylic acids is 2. The number of nitrogens with one attached hydrogen (secondary N) is 1. The van der Waals surface area contributed by atoms with E-state index < -0.39 is 12.1 Å². The molecule has 2 atom stereocenters. The summed E-state index contributed by atoms with van der Waals surface area (Å²) < 4.78 is 5.48. The van der Waals surface area contributed by atoms with E-state index in [2.05, 4.69) is 43.5 Å². The van der Waals surface area contributed by atoms with Crippen molar-refractivity contribution in [2.75, 3.05) is 13.2 Å². The van der Waals surface area contributed by atoms with Crippen LogP contribution in [0.15, 0.2) is 36.5 Å². The van der Waals surface area contributed by atoms with E-state index in [1.54, 1.807) is 6.08 Å². The first kappa shape index (κ1) is 60.1. The Bertz CT molecular complexity index is 1010. The minimum absolute atomic E-state index is 0.00152. The van der Waals surface area contributed by atoms with Gasteiger partial charge in [-0.05, 0) is 64.2 Å². The molecular formula is C56H105NO5. The first-order valence-corrected chi connectivity index (χ1v) is 27.3. The van der Waals surface area contributed by atoms with Gasteiger partial charge in [-0.15, -0.1) is 0 Å². The summed E-state index contributed by atoms with van der Waals surface area (Å²) in [6.45, 7) is 4.85. The van der Waals surface area contributed by atoms with Crippen LogP contribution in [0.25, 0.3) is 0 Å². The Morgan fingerprint density at radius 1 is 0.452 bits per heavy atom. The maximum Gasteiger partial charge on any atom is 0.305 e. The predicted octanol–water partition coefficient (Wildman–Crippen LogP) is 16.5. The molecule has 1 amide bonds. The third-order valence-corrected chi connectivity index (χ3v) is 12.4. The van der Waals surface area contributed by atoms with E-state index in [0.717, 1.165) is 51.4 Å². The van der Waals surface area contributed by atoms with Gasteiger partial charge in [-0.2, -0.15) is 0 Å². The summed E-state index contributed by atoms with van der Waals surface area (Å²) >= 11 is 0. The smallest absolute Gasteiger partial charge is 0.305 e. The number of ether oxygens (including phenoxy) is 1. The molecule has 0 aromatic carbocycles. The van der Waals surface area contributed by atoms with Crippen LogP contribution in [0.3, 0.4) is 0 Å². The minimum Gasteiger partial charge on any atom is -0.466 e. The molecule has 0 saturated heterocycles. The molecule has 364 valence electrons. The molecule has 0 aliphatic rings. The third kappa shape index (κ3) is 47.6. The Kier molecular flexibility index (Phi) is 50.1. The summed E-state index contributed by atoms with van der Waals surface area (Å²) in [6.07, 6.45) is 63.0. The summed E-state index contributed by atoms with van der Waals surface area (Å²) in [4.78, 5) is 24.4. The van der Waals surface area contributed by atoms with Gasteiger partial charge < -0.3 is 20.3 Å². The van der Waals surface area contributed by atoms with Crippen molar-refractivity contribution in [1.29, 1.82) is 0 Å². The van der Waals surface area contributed by atoms with Crippen LogP contribution in [0, 0.1) is 0 Å². The Balaban J connectivity index is 3.40. The van der Waals surface area contributed by atoms with E-state index in [1.165, 1.54) is 205 Å². The van der Waals surface area contributed by atoms with Gasteiger partial charge in [-0.1, -0.05) is 243 Å². The highest BCUT2D eigenvalue weighted by Gasteiger charge is 2.18. The Hall–Kier alpha value is -1.92. The minimum atomic E-state index is -0.845. The lowest BCUT2D eigenvalue weighted by molar-refractivity contribution is -0.143. The van der Waals surface area contributed by atoms with Gasteiger partial charge in [0.05, 0.1) is 25.4 Å². The molecule has 3 N–H and O–H groups in total. The number of allylic oxidation sites excluding steroid dienone is 5. The van der Waals surface area contributed by atoms with E-state index >= 15 is 0 Å². The van der Waals surface area contributed by atoms with E-state index in [1.807, 2.05) is 6.08 Å². The number of esters is 1. The Morgan fingerprint density at radius 3 is 1.24 bits per heavy atom. The fourth-order valence-corrected chi connectivity index (χ4v) is 8.19. The number of rotatable bonds is 50. The number of carbonyl (C=O) groups is 2. The molecule has 6 nitrogen and oxygen atoms in total. The molecule has 0 bridgehead atoms. The lowest BCUT2D eigenvalue weighted by atomic mass is 10.0. The molecule has 2 unspecified atom stereocenters. The van der Waals surface area contributed by atoms with Crippen molar-refractivity contribution in [3.05, 3.63) is 36.5 Å². The number of hydrogen-bond acceptors (Lipinski definition) is 5. The molecule has 0 aromatic heterocycles. The highest BCUT2D eigenvalue weighted by molar-refractivity contribution is 5.76. The molecule has 0 rings (SSSR count). The molecule has 6 heteroatoms. The second-order valence-corrected chi connectivity index (χ2v) is 18.6. The number of unbranched alkanes of at least 4 members (excludes halogenated alkanes) is 35. The average Bonchev–Trinajstić information content (AvgIpc) is 3.27. The van der Waals surface area contributed by atoms with E-state index in [0.29, 0.717) is 19.4 Å². The standard InChI is InChI=1S/C56H105NO5/c1-3-5-7-9-11-13-14-15-16-17-21-24-27-30-34-38-42-46-50-56(61)62-51-47-43-39-35-31-28-25-22-19-18-20-23-26-29-33-37-41-45-49-55(60)57-53(52-58)54(59)48-44-40-36-32-12-10-8-6-4-2/h13-14,16-17,44,48,53-54,58-59H,3-12,15,18-43,45-47,49-52H2,1-2H3,(H,57,60)/b14-13-,17-16-,48-44+. The summed E-state index contributed by atoms with van der Waals surface area (Å²) in [7, 11) is 0. The van der Waals surface area contributed by atoms with Crippen LogP contribution in [-0.2, 0) is 14.3 Å². The number of aliphatic hydroxyl groups excluding tert-OH is 2. The van der Waals surface area contributed by atoms with E-state index in [4.69, 9.17) is 4.74 Å². The van der Waals surface area contributed by atoms with E-state index in [-0.39, 0.29) is 18.5 Å². The molecule has 0 heterocycles. The molecule has 62 heavy (non-hydrogen) atoms. The summed E-state index contributed by atoms with van der Waals surface area (Å²) in [5, 5.41) is 22.9. The maximum atomic E-state index is 12.4. The van der Waals surface area contributed by atoms with Gasteiger partial charge in [0.1, 0.15) is 0 Å². The molecule has 0 aliphatic carbocycles. The van der Waals surface area contributed by atoms with Crippen molar-refractivity contribution in [2.45, 2.75) is 296 Å². The van der Waals surface area contributed by atoms with Gasteiger partial charge >= 0.3 is 5.97 Å². The molecule has 0 radical (unpaired) electrons. The van der Waals surface area contributed by atoms with Crippen LogP contribution in [-0.4, -0.2) is 47.4 Å². The molecule has 0 spiro atoms. The zero-order chi connectivity index (χ0) is 45.1. The van der Waals surface area contributed by atoms with Crippen LogP contribution < -0.4 is 5.32 Å². The summed E-state index contributed by atoms with van der Waals surface area (Å²) in [6, 6.07) is -0.629. The normalized spacial score (nSPS) is 12.9. The van der Waals surface area contributed by atoms with Gasteiger partial charge in [0.2, 0.25) is 5.91 Å². The SMILES string of the molecule is CCCCCC/C=C\C/C=C\CCCCCCCCCC(=O)OCCCCCCCCCCCCCCCCCCCCC(=O)NC(CO)C(O)/C=C/CCCCCCCCC. The van der Waals surface area contributed by atoms with Crippen LogP contribution >= 0.6 is 0 Å². The third-order valence-electron chi connectivity index (χ3n) is 12.4. The van der Waals surface area contributed by atoms with Crippen LogP contribution in [0.1, 0.15) is 284 Å². The van der Waals surface area contributed by atoms with Crippen molar-refractivity contribution in [3.8, 4) is 0 Å². The number of amides is 1. The topological polar surface area (TPSA) is 95.9 Å². The first-order valence-electron chi connectivity index (χ1n) is 27.3. The average molecular weight is 872 g/mol. The van der Waals surface area contributed by atoms with Gasteiger partial charge in [0.25, 0.3) is 0 Å². The second kappa shape index (κ2) is 51.7. The highest BCUT2D eigenvalue weighted by atomic mass is 16.5. The van der Waals surface area contributed by atoms with Crippen molar-refractivity contribution in [3.63, 3.8) is 0 Å². The second-order valence-electron chi connectivity index (χ2n) is 18.6. The molecule has 0 saturated carbocycles. The number of hydrogen-bond donors (Lipinski definition) is 3. The van der Waals surface area contributed by atoms with Gasteiger partial charge in [-0.3, -0.25) is 9.59 Å². The van der Waals surface area contributed by atoms with Crippen molar-refractivity contribution >= 4 is 11.9 Å². The predicted molar refractivity (Wildman–Crippen MR) is 269 cm³/mol. The largest absolute Gasteiger partial charge is 0.466 e. The Morgan fingerprint density at radius 2 is 0.806 bits per heavy atom. The van der Waals surface area contributed by atoms with Crippen molar-refractivity contribution in [1.82, 2.24) is 5.32 Å². The van der Waals surface area contributed by atoms with Gasteiger partial charge in [0.15, 0.2) is 0 Å². The van der Waals surface area contributed by atoms with Gasteiger partial charge in [-0.25, -0.2) is 0 Å². The van der Waals surface area contributed by atoms with Crippen LogP contribution in [0.5, 0.6) is 0 Å². The summed E-state index contributed by atoms with van der Waals surface area (Å²) in [5.74, 6) is -0.0768. The molecule has 0 fully saturated rings. The molecule has 0 aliphatic heterocycles. The highest BCUT2D eigenvalue weighted by Crippen LogP contribution is 2.16. The summed E-state index contributed by atoms with van der Waals surface area (Å²) in [5.41, 5.74) is 0. The fraction of sp³-hybridized carbons (Fsp3) is 0.857. The number of aliphatic hydroxyl groups is 2. The Labute approximate surface area is 385 Å².